The standard InChI is InChI=1S/C21H21Cl2NO8/c1-11(24-9-14(25)10-30-17-8-13(22)3-4-15(17)23)6-12-2-5-16-18(7-12)32-21(31-16,19(26)27)20(28)29/h2-5,7-8,11,14,24-25H,6,9-10H2,1H3,(H,26,27)(H,28,29). The molecule has 32 heavy (non-hydrogen) atoms. The molecule has 11 heteroatoms. The molecular weight excluding hydrogens is 465 g/mol. The molecule has 172 valence electrons. The molecule has 0 fully saturated rings. The molecule has 0 spiro atoms. The number of benzene rings is 2. The zero-order valence-corrected chi connectivity index (χ0v) is 18.4. The van der Waals surface area contributed by atoms with Crippen LogP contribution in [0.2, 0.25) is 10.0 Å². The van der Waals surface area contributed by atoms with Crippen LogP contribution < -0.4 is 19.5 Å². The van der Waals surface area contributed by atoms with Gasteiger partial charge in [-0.05, 0) is 43.2 Å². The molecule has 0 amide bonds. The largest absolute Gasteiger partial charge is 0.489 e. The van der Waals surface area contributed by atoms with Crippen molar-refractivity contribution in [3.05, 3.63) is 52.0 Å². The number of halogens is 2. The van der Waals surface area contributed by atoms with Crippen LogP contribution in [0.25, 0.3) is 0 Å². The summed E-state index contributed by atoms with van der Waals surface area (Å²) in [5, 5.41) is 32.6. The maximum Gasteiger partial charge on any atom is 0.453 e. The number of carbonyl (C=O) groups is 2. The first-order valence-electron chi connectivity index (χ1n) is 9.57. The van der Waals surface area contributed by atoms with Gasteiger partial charge in [0.2, 0.25) is 0 Å². The van der Waals surface area contributed by atoms with Gasteiger partial charge < -0.3 is 34.8 Å². The maximum atomic E-state index is 11.3. The van der Waals surface area contributed by atoms with Crippen LogP contribution in [-0.4, -0.2) is 58.3 Å². The van der Waals surface area contributed by atoms with Gasteiger partial charge >= 0.3 is 17.7 Å². The van der Waals surface area contributed by atoms with Crippen molar-refractivity contribution in [1.29, 1.82) is 0 Å². The van der Waals surface area contributed by atoms with Gasteiger partial charge in [0.25, 0.3) is 0 Å². The van der Waals surface area contributed by atoms with E-state index in [0.717, 1.165) is 5.56 Å². The Bertz CT molecular complexity index is 1000. The number of aliphatic hydroxyl groups is 1. The zero-order valence-electron chi connectivity index (χ0n) is 16.9. The second-order valence-electron chi connectivity index (χ2n) is 7.27. The van der Waals surface area contributed by atoms with Crippen molar-refractivity contribution in [2.45, 2.75) is 31.3 Å². The van der Waals surface area contributed by atoms with E-state index >= 15 is 0 Å². The lowest BCUT2D eigenvalue weighted by atomic mass is 10.1. The number of rotatable bonds is 10. The normalized spacial score (nSPS) is 15.8. The fourth-order valence-corrected chi connectivity index (χ4v) is 3.37. The number of hydrogen-bond donors (Lipinski definition) is 4. The molecule has 2 aromatic rings. The Morgan fingerprint density at radius 1 is 1.09 bits per heavy atom. The van der Waals surface area contributed by atoms with E-state index in [9.17, 15) is 24.9 Å². The van der Waals surface area contributed by atoms with Crippen LogP contribution in [0.15, 0.2) is 36.4 Å². The lowest BCUT2D eigenvalue weighted by Crippen LogP contribution is -2.54. The monoisotopic (exact) mass is 485 g/mol. The number of aliphatic hydroxyl groups excluding tert-OH is 1. The maximum absolute atomic E-state index is 11.3. The average molecular weight is 486 g/mol. The van der Waals surface area contributed by atoms with Crippen LogP contribution >= 0.6 is 23.2 Å². The molecule has 1 aliphatic rings. The molecule has 0 saturated heterocycles. The summed E-state index contributed by atoms with van der Waals surface area (Å²) in [6, 6.07) is 9.40. The topological polar surface area (TPSA) is 135 Å². The van der Waals surface area contributed by atoms with Gasteiger partial charge in [-0.15, -0.1) is 0 Å². The molecule has 2 aromatic carbocycles. The summed E-state index contributed by atoms with van der Waals surface area (Å²) in [6.45, 7) is 2.14. The van der Waals surface area contributed by atoms with E-state index in [1.807, 2.05) is 6.92 Å². The van der Waals surface area contributed by atoms with Gasteiger partial charge in [-0.1, -0.05) is 29.3 Å². The Kier molecular flexibility index (Phi) is 7.35. The second-order valence-corrected chi connectivity index (χ2v) is 8.11. The van der Waals surface area contributed by atoms with Gasteiger partial charge in [0.15, 0.2) is 11.5 Å². The van der Waals surface area contributed by atoms with Crippen molar-refractivity contribution in [2.75, 3.05) is 13.2 Å². The fourth-order valence-electron chi connectivity index (χ4n) is 3.04. The summed E-state index contributed by atoms with van der Waals surface area (Å²) in [5.74, 6) is -5.86. The third kappa shape index (κ3) is 5.36. The highest BCUT2D eigenvalue weighted by Crippen LogP contribution is 2.40. The number of ether oxygens (including phenoxy) is 3. The molecule has 2 unspecified atom stereocenters. The van der Waals surface area contributed by atoms with Crippen molar-refractivity contribution >= 4 is 35.1 Å². The lowest BCUT2D eigenvalue weighted by molar-refractivity contribution is -0.194. The highest BCUT2D eigenvalue weighted by Gasteiger charge is 2.57. The van der Waals surface area contributed by atoms with Gasteiger partial charge in [0.05, 0.1) is 5.02 Å². The van der Waals surface area contributed by atoms with Crippen molar-refractivity contribution in [1.82, 2.24) is 5.32 Å². The Labute approximate surface area is 193 Å². The fraction of sp³-hybridized carbons (Fsp3) is 0.333. The van der Waals surface area contributed by atoms with E-state index < -0.39 is 23.8 Å². The molecule has 0 aliphatic carbocycles. The average Bonchev–Trinajstić information content (AvgIpc) is 3.13. The smallest absolute Gasteiger partial charge is 0.453 e. The number of aliphatic carboxylic acids is 2. The Morgan fingerprint density at radius 3 is 2.47 bits per heavy atom. The van der Waals surface area contributed by atoms with Crippen LogP contribution in [0.5, 0.6) is 17.2 Å². The third-order valence-corrected chi connectivity index (χ3v) is 5.19. The molecule has 0 saturated carbocycles. The van der Waals surface area contributed by atoms with Gasteiger partial charge in [-0.25, -0.2) is 9.59 Å². The summed E-state index contributed by atoms with van der Waals surface area (Å²) >= 11 is 11.9. The molecule has 1 heterocycles. The lowest BCUT2D eigenvalue weighted by Gasteiger charge is -2.18. The summed E-state index contributed by atoms with van der Waals surface area (Å²) in [6.07, 6.45) is -0.312. The molecule has 0 aromatic heterocycles. The van der Waals surface area contributed by atoms with E-state index in [-0.39, 0.29) is 30.7 Å². The molecule has 3 rings (SSSR count). The van der Waals surface area contributed by atoms with E-state index in [1.165, 1.54) is 12.1 Å². The molecule has 4 N–H and O–H groups in total. The highest BCUT2D eigenvalue weighted by molar-refractivity contribution is 6.34. The molecule has 0 radical (unpaired) electrons. The highest BCUT2D eigenvalue weighted by atomic mass is 35.5. The number of nitrogens with one attached hydrogen (secondary N) is 1. The number of fused-ring (bicyclic) bond motifs is 1. The van der Waals surface area contributed by atoms with Crippen molar-refractivity contribution < 1.29 is 39.1 Å². The van der Waals surface area contributed by atoms with E-state index in [1.54, 1.807) is 24.3 Å². The molecule has 0 bridgehead atoms. The van der Waals surface area contributed by atoms with Crippen molar-refractivity contribution in [3.63, 3.8) is 0 Å². The van der Waals surface area contributed by atoms with E-state index in [2.05, 4.69) is 5.32 Å². The predicted molar refractivity (Wildman–Crippen MR) is 115 cm³/mol. The number of carboxylic acid groups (broad SMARTS) is 2. The van der Waals surface area contributed by atoms with E-state index in [4.69, 9.17) is 37.4 Å². The van der Waals surface area contributed by atoms with Crippen LogP contribution in [0.3, 0.4) is 0 Å². The van der Waals surface area contributed by atoms with Crippen molar-refractivity contribution in [2.24, 2.45) is 0 Å². The molecule has 1 aliphatic heterocycles. The minimum Gasteiger partial charge on any atom is -0.489 e. The zero-order chi connectivity index (χ0) is 23.5. The van der Waals surface area contributed by atoms with Gasteiger partial charge in [0.1, 0.15) is 18.5 Å². The van der Waals surface area contributed by atoms with Crippen LogP contribution in [-0.2, 0) is 16.0 Å². The minimum atomic E-state index is -2.79. The predicted octanol–water partition coefficient (Wildman–Crippen LogP) is 2.59. The first kappa shape index (κ1) is 23.9. The second kappa shape index (κ2) is 9.83. The molecular formula is C21H21Cl2NO8. The Balaban J connectivity index is 1.51. The van der Waals surface area contributed by atoms with Gasteiger partial charge in [-0.3, -0.25) is 0 Å². The quantitative estimate of drug-likeness (QED) is 0.374. The van der Waals surface area contributed by atoms with Gasteiger partial charge in [0, 0.05) is 23.7 Å². The number of carboxylic acids is 2. The summed E-state index contributed by atoms with van der Waals surface area (Å²) in [5.41, 5.74) is 0.760. The SMILES string of the molecule is CC(Cc1ccc2c(c1)OC(C(=O)O)(C(=O)O)O2)NCC(O)COc1cc(Cl)ccc1Cl. The first-order chi connectivity index (χ1) is 15.1. The Morgan fingerprint density at radius 2 is 1.78 bits per heavy atom. The third-order valence-electron chi connectivity index (χ3n) is 4.65. The van der Waals surface area contributed by atoms with Gasteiger partial charge in [-0.2, -0.15) is 0 Å². The number of hydrogen-bond acceptors (Lipinski definition) is 7. The molecule has 2 atom stereocenters. The molecule has 9 nitrogen and oxygen atoms in total. The summed E-state index contributed by atoms with van der Waals surface area (Å²) < 4.78 is 15.7. The Hall–Kier alpha value is -2.72. The van der Waals surface area contributed by atoms with Crippen LogP contribution in [0, 0.1) is 0 Å². The minimum absolute atomic E-state index is 0.0102. The van der Waals surface area contributed by atoms with E-state index in [0.29, 0.717) is 22.2 Å². The van der Waals surface area contributed by atoms with Crippen molar-refractivity contribution in [3.8, 4) is 17.2 Å². The summed E-state index contributed by atoms with van der Waals surface area (Å²) in [7, 11) is 0. The first-order valence-corrected chi connectivity index (χ1v) is 10.3. The van der Waals surface area contributed by atoms with Crippen LogP contribution in [0.4, 0.5) is 0 Å². The summed E-state index contributed by atoms with van der Waals surface area (Å²) in [4.78, 5) is 22.7. The van der Waals surface area contributed by atoms with Crippen LogP contribution in [0.1, 0.15) is 12.5 Å².